The fraction of sp³-hybridized carbons (Fsp3) is 0.304. The molecule has 1 aliphatic carbocycles. The summed E-state index contributed by atoms with van der Waals surface area (Å²) in [7, 11) is 0. The van der Waals surface area contributed by atoms with E-state index in [-0.39, 0.29) is 0 Å². The van der Waals surface area contributed by atoms with Crippen LogP contribution >= 0.6 is 0 Å². The highest BCUT2D eigenvalue weighted by Gasteiger charge is 2.21. The highest BCUT2D eigenvalue weighted by molar-refractivity contribution is 5.48. The van der Waals surface area contributed by atoms with Crippen LogP contribution in [0.2, 0.25) is 0 Å². The van der Waals surface area contributed by atoms with Crippen LogP contribution in [0, 0.1) is 19.8 Å². The molecule has 0 bridgehead atoms. The van der Waals surface area contributed by atoms with E-state index < -0.39 is 0 Å². The normalized spacial score (nSPS) is 17.6. The maximum absolute atomic E-state index is 2.43. The zero-order valence-corrected chi connectivity index (χ0v) is 14.7. The van der Waals surface area contributed by atoms with Crippen LogP contribution in [0.5, 0.6) is 0 Å². The third kappa shape index (κ3) is 3.64. The van der Waals surface area contributed by atoms with Crippen LogP contribution in [-0.4, -0.2) is 0 Å². The van der Waals surface area contributed by atoms with Gasteiger partial charge in [-0.1, -0.05) is 83.8 Å². The standard InChI is InChI=1S/C23H26/c1-16-10-17(2)12-21(11-16)15-23-19(4)13-18(3)22(23)14-20-8-6-5-7-9-20/h5-13,19H,14-15H2,1-4H3. The summed E-state index contributed by atoms with van der Waals surface area (Å²) in [6, 6.07) is 17.8. The van der Waals surface area contributed by atoms with Gasteiger partial charge >= 0.3 is 0 Å². The molecule has 0 fully saturated rings. The minimum Gasteiger partial charge on any atom is -0.0744 e. The molecule has 2 aromatic rings. The molecule has 0 saturated carbocycles. The van der Waals surface area contributed by atoms with Gasteiger partial charge in [-0.3, -0.25) is 0 Å². The number of benzene rings is 2. The van der Waals surface area contributed by atoms with Gasteiger partial charge in [0, 0.05) is 0 Å². The Kier molecular flexibility index (Phi) is 4.52. The second-order valence-corrected chi connectivity index (χ2v) is 6.98. The maximum Gasteiger partial charge on any atom is -0.00234 e. The Hall–Kier alpha value is -2.08. The predicted octanol–water partition coefficient (Wildman–Crippen LogP) is 5.98. The molecule has 2 aromatic carbocycles. The number of hydrogen-bond acceptors (Lipinski definition) is 0. The highest BCUT2D eigenvalue weighted by atomic mass is 14.3. The average Bonchev–Trinajstić information content (AvgIpc) is 2.74. The molecule has 0 aliphatic heterocycles. The fourth-order valence-corrected chi connectivity index (χ4v) is 3.82. The minimum atomic E-state index is 0.550. The predicted molar refractivity (Wildman–Crippen MR) is 99.7 cm³/mol. The molecular formula is C23H26. The Morgan fingerprint density at radius 3 is 2.09 bits per heavy atom. The molecule has 3 rings (SSSR count). The van der Waals surface area contributed by atoms with Gasteiger partial charge in [0.2, 0.25) is 0 Å². The average molecular weight is 302 g/mol. The Balaban J connectivity index is 1.92. The van der Waals surface area contributed by atoms with Crippen molar-refractivity contribution < 1.29 is 0 Å². The molecule has 0 N–H and O–H groups in total. The van der Waals surface area contributed by atoms with Crippen LogP contribution in [0.1, 0.15) is 36.1 Å². The van der Waals surface area contributed by atoms with E-state index in [9.17, 15) is 0 Å². The second-order valence-electron chi connectivity index (χ2n) is 6.98. The summed E-state index contributed by atoms with van der Waals surface area (Å²) in [6.07, 6.45) is 4.55. The van der Waals surface area contributed by atoms with Crippen molar-refractivity contribution >= 4 is 0 Å². The van der Waals surface area contributed by atoms with Crippen molar-refractivity contribution in [2.75, 3.05) is 0 Å². The molecule has 1 aliphatic rings. The first-order valence-corrected chi connectivity index (χ1v) is 8.54. The third-order valence-corrected chi connectivity index (χ3v) is 4.81. The minimum absolute atomic E-state index is 0.550. The van der Waals surface area contributed by atoms with Crippen LogP contribution in [0.15, 0.2) is 71.3 Å². The molecule has 1 atom stereocenters. The van der Waals surface area contributed by atoms with Crippen LogP contribution in [0.25, 0.3) is 0 Å². The number of aryl methyl sites for hydroxylation is 2. The Morgan fingerprint density at radius 2 is 1.43 bits per heavy atom. The molecule has 1 unspecified atom stereocenters. The summed E-state index contributed by atoms with van der Waals surface area (Å²) < 4.78 is 0. The van der Waals surface area contributed by atoms with Crippen molar-refractivity contribution in [1.29, 1.82) is 0 Å². The van der Waals surface area contributed by atoms with Crippen molar-refractivity contribution in [1.82, 2.24) is 0 Å². The number of rotatable bonds is 4. The summed E-state index contributed by atoms with van der Waals surface area (Å²) in [5.74, 6) is 0.550. The second kappa shape index (κ2) is 6.58. The monoisotopic (exact) mass is 302 g/mol. The molecular weight excluding hydrogens is 276 g/mol. The summed E-state index contributed by atoms with van der Waals surface area (Å²) in [4.78, 5) is 0. The molecule has 23 heavy (non-hydrogen) atoms. The van der Waals surface area contributed by atoms with Gasteiger partial charge in [0.15, 0.2) is 0 Å². The summed E-state index contributed by atoms with van der Waals surface area (Å²) in [5.41, 5.74) is 10.2. The van der Waals surface area contributed by atoms with E-state index >= 15 is 0 Å². The third-order valence-electron chi connectivity index (χ3n) is 4.81. The smallest absolute Gasteiger partial charge is 0.00234 e. The maximum atomic E-state index is 2.43. The SMILES string of the molecule is CC1=CC(C)C(Cc2cc(C)cc(C)c2)=C1Cc1ccccc1. The molecule has 0 aromatic heterocycles. The van der Waals surface area contributed by atoms with Crippen molar-refractivity contribution in [3.8, 4) is 0 Å². The number of allylic oxidation sites excluding steroid dienone is 4. The Morgan fingerprint density at radius 1 is 0.783 bits per heavy atom. The van der Waals surface area contributed by atoms with Crippen LogP contribution < -0.4 is 0 Å². The van der Waals surface area contributed by atoms with E-state index in [1.165, 1.54) is 27.8 Å². The van der Waals surface area contributed by atoms with Crippen LogP contribution in [0.4, 0.5) is 0 Å². The zero-order chi connectivity index (χ0) is 16.4. The highest BCUT2D eigenvalue weighted by Crippen LogP contribution is 2.35. The topological polar surface area (TPSA) is 0 Å². The van der Waals surface area contributed by atoms with Crippen molar-refractivity contribution in [3.63, 3.8) is 0 Å². The van der Waals surface area contributed by atoms with Gasteiger partial charge in [0.1, 0.15) is 0 Å². The summed E-state index contributed by atoms with van der Waals surface area (Å²) in [5, 5.41) is 0. The first kappa shape index (κ1) is 15.8. The summed E-state index contributed by atoms with van der Waals surface area (Å²) in [6.45, 7) is 8.98. The number of hydrogen-bond donors (Lipinski definition) is 0. The van der Waals surface area contributed by atoms with E-state index in [1.807, 2.05) is 0 Å². The van der Waals surface area contributed by atoms with Gasteiger partial charge in [0.05, 0.1) is 0 Å². The first-order chi connectivity index (χ1) is 11.0. The molecule has 0 amide bonds. The molecule has 0 saturated heterocycles. The van der Waals surface area contributed by atoms with E-state index in [1.54, 1.807) is 11.1 Å². The van der Waals surface area contributed by atoms with Gasteiger partial charge in [-0.15, -0.1) is 0 Å². The van der Waals surface area contributed by atoms with E-state index in [0.717, 1.165) is 12.8 Å². The van der Waals surface area contributed by atoms with Crippen molar-refractivity contribution in [2.24, 2.45) is 5.92 Å². The fourth-order valence-electron chi connectivity index (χ4n) is 3.82. The van der Waals surface area contributed by atoms with Crippen LogP contribution in [-0.2, 0) is 12.8 Å². The molecule has 118 valence electrons. The Bertz CT molecular complexity index is 740. The van der Waals surface area contributed by atoms with Crippen molar-refractivity contribution in [2.45, 2.75) is 40.5 Å². The van der Waals surface area contributed by atoms with E-state index in [2.05, 4.69) is 82.3 Å². The lowest BCUT2D eigenvalue weighted by Gasteiger charge is -2.14. The quantitative estimate of drug-likeness (QED) is 0.651. The lowest BCUT2D eigenvalue weighted by atomic mass is 9.90. The van der Waals surface area contributed by atoms with Gasteiger partial charge in [0.25, 0.3) is 0 Å². The van der Waals surface area contributed by atoms with Gasteiger partial charge in [-0.25, -0.2) is 0 Å². The zero-order valence-electron chi connectivity index (χ0n) is 14.7. The van der Waals surface area contributed by atoms with E-state index in [0.29, 0.717) is 5.92 Å². The molecule has 0 heteroatoms. The summed E-state index contributed by atoms with van der Waals surface area (Å²) >= 11 is 0. The molecule has 0 spiro atoms. The lowest BCUT2D eigenvalue weighted by molar-refractivity contribution is 0.826. The van der Waals surface area contributed by atoms with Gasteiger partial charge in [-0.05, 0) is 56.2 Å². The molecule has 0 nitrogen and oxygen atoms in total. The van der Waals surface area contributed by atoms with Gasteiger partial charge in [-0.2, -0.15) is 0 Å². The molecule has 0 radical (unpaired) electrons. The van der Waals surface area contributed by atoms with Gasteiger partial charge < -0.3 is 0 Å². The van der Waals surface area contributed by atoms with E-state index in [4.69, 9.17) is 0 Å². The van der Waals surface area contributed by atoms with Crippen molar-refractivity contribution in [3.05, 3.63) is 93.6 Å². The largest absolute Gasteiger partial charge is 0.0744 e. The lowest BCUT2D eigenvalue weighted by Crippen LogP contribution is -2.02. The molecule has 0 heterocycles. The van der Waals surface area contributed by atoms with Crippen LogP contribution in [0.3, 0.4) is 0 Å². The first-order valence-electron chi connectivity index (χ1n) is 8.54. The Labute approximate surface area is 140 Å².